The molecule has 0 amide bonds. The molecule has 0 saturated heterocycles. The van der Waals surface area contributed by atoms with E-state index in [0.29, 0.717) is 5.95 Å². The maximum absolute atomic E-state index is 4.70. The Labute approximate surface area is 164 Å². The molecule has 0 fully saturated rings. The second-order valence-corrected chi connectivity index (χ2v) is 7.75. The first-order chi connectivity index (χ1) is 12.8. The highest BCUT2D eigenvalue weighted by atomic mass is 79.9. The Morgan fingerprint density at radius 2 is 1.77 bits per heavy atom. The quantitative estimate of drug-likeness (QED) is 0.407. The van der Waals surface area contributed by atoms with E-state index in [-0.39, 0.29) is 0 Å². The van der Waals surface area contributed by atoms with Gasteiger partial charge >= 0.3 is 0 Å². The van der Waals surface area contributed by atoms with Crippen LogP contribution in [0.2, 0.25) is 0 Å². The van der Waals surface area contributed by atoms with E-state index in [1.807, 2.05) is 48.5 Å². The fourth-order valence-electron chi connectivity index (χ4n) is 2.69. The van der Waals surface area contributed by atoms with Crippen LogP contribution in [0.25, 0.3) is 10.9 Å². The zero-order valence-corrected chi connectivity index (χ0v) is 16.3. The Hall–Kier alpha value is -2.44. The molecule has 0 unspecified atom stereocenters. The van der Waals surface area contributed by atoms with Crippen molar-refractivity contribution in [2.24, 2.45) is 0 Å². The Balaban J connectivity index is 1.58. The fraction of sp³-hybridized carbons (Fsp3) is 0.100. The highest BCUT2D eigenvalue weighted by Crippen LogP contribution is 2.24. The van der Waals surface area contributed by atoms with Crippen molar-refractivity contribution in [3.8, 4) is 0 Å². The lowest BCUT2D eigenvalue weighted by molar-refractivity contribution is 1.03. The van der Waals surface area contributed by atoms with Gasteiger partial charge in [-0.05, 0) is 54.3 Å². The molecule has 4 nitrogen and oxygen atoms in total. The van der Waals surface area contributed by atoms with Crippen molar-refractivity contribution < 1.29 is 0 Å². The minimum absolute atomic E-state index is 0.588. The molecule has 130 valence electrons. The SMILES string of the molecule is Brc1ccc(Nc2nc(NCCc3cccs3)c3ccccc3n2)cc1. The third-order valence-corrected chi connectivity index (χ3v) is 5.41. The standard InChI is InChI=1S/C20H17BrN4S/c21-14-7-9-15(10-8-14)23-20-24-18-6-2-1-5-17(18)19(25-20)22-12-11-16-4-3-13-26-16/h1-10,13H,11-12H2,(H2,22,23,24,25). The van der Waals surface area contributed by atoms with E-state index in [1.165, 1.54) is 4.88 Å². The number of hydrogen-bond donors (Lipinski definition) is 2. The van der Waals surface area contributed by atoms with Crippen molar-refractivity contribution in [1.82, 2.24) is 9.97 Å². The number of nitrogens with one attached hydrogen (secondary N) is 2. The molecule has 4 aromatic rings. The predicted molar refractivity (Wildman–Crippen MR) is 113 cm³/mol. The molecule has 26 heavy (non-hydrogen) atoms. The largest absolute Gasteiger partial charge is 0.369 e. The van der Waals surface area contributed by atoms with Crippen LogP contribution in [0, 0.1) is 0 Å². The smallest absolute Gasteiger partial charge is 0.229 e. The van der Waals surface area contributed by atoms with Crippen molar-refractivity contribution in [2.75, 3.05) is 17.2 Å². The minimum atomic E-state index is 0.588. The molecular weight excluding hydrogens is 408 g/mol. The van der Waals surface area contributed by atoms with Crippen LogP contribution in [0.15, 0.2) is 70.5 Å². The van der Waals surface area contributed by atoms with Crippen LogP contribution in [0.4, 0.5) is 17.5 Å². The number of benzene rings is 2. The predicted octanol–water partition coefficient (Wildman–Crippen LogP) is 5.85. The summed E-state index contributed by atoms with van der Waals surface area (Å²) < 4.78 is 1.04. The van der Waals surface area contributed by atoms with E-state index in [0.717, 1.165) is 39.8 Å². The molecule has 4 rings (SSSR count). The molecule has 2 heterocycles. The number of aromatic nitrogens is 2. The molecule has 0 bridgehead atoms. The Kier molecular flexibility index (Phi) is 5.13. The zero-order chi connectivity index (χ0) is 17.8. The van der Waals surface area contributed by atoms with Gasteiger partial charge in [-0.3, -0.25) is 0 Å². The van der Waals surface area contributed by atoms with Gasteiger partial charge in [0.25, 0.3) is 0 Å². The summed E-state index contributed by atoms with van der Waals surface area (Å²) in [5.41, 5.74) is 1.87. The third-order valence-electron chi connectivity index (χ3n) is 3.95. The third kappa shape index (κ3) is 4.03. The van der Waals surface area contributed by atoms with Gasteiger partial charge in [-0.1, -0.05) is 34.1 Å². The molecule has 0 aliphatic heterocycles. The van der Waals surface area contributed by atoms with Gasteiger partial charge in [-0.2, -0.15) is 4.98 Å². The van der Waals surface area contributed by atoms with E-state index in [9.17, 15) is 0 Å². The first kappa shape index (κ1) is 17.0. The second-order valence-electron chi connectivity index (χ2n) is 5.80. The van der Waals surface area contributed by atoms with Gasteiger partial charge in [-0.15, -0.1) is 11.3 Å². The van der Waals surface area contributed by atoms with Crippen molar-refractivity contribution in [3.63, 3.8) is 0 Å². The number of fused-ring (bicyclic) bond motifs is 1. The zero-order valence-electron chi connectivity index (χ0n) is 13.9. The summed E-state index contributed by atoms with van der Waals surface area (Å²) in [7, 11) is 0. The number of thiophene rings is 1. The van der Waals surface area contributed by atoms with Gasteiger partial charge in [0.15, 0.2) is 0 Å². The summed E-state index contributed by atoms with van der Waals surface area (Å²) >= 11 is 5.23. The van der Waals surface area contributed by atoms with Gasteiger partial charge in [0.2, 0.25) is 5.95 Å². The average molecular weight is 425 g/mol. The lowest BCUT2D eigenvalue weighted by atomic mass is 10.2. The van der Waals surface area contributed by atoms with Gasteiger partial charge < -0.3 is 10.6 Å². The van der Waals surface area contributed by atoms with Crippen LogP contribution in [0.1, 0.15) is 4.88 Å². The molecule has 2 aromatic carbocycles. The molecule has 2 N–H and O–H groups in total. The fourth-order valence-corrected chi connectivity index (χ4v) is 3.66. The van der Waals surface area contributed by atoms with Crippen LogP contribution >= 0.6 is 27.3 Å². The molecule has 2 aromatic heterocycles. The molecule has 0 aliphatic carbocycles. The highest BCUT2D eigenvalue weighted by molar-refractivity contribution is 9.10. The molecule has 0 aliphatic rings. The van der Waals surface area contributed by atoms with E-state index in [1.54, 1.807) is 11.3 Å². The molecule has 0 spiro atoms. The van der Waals surface area contributed by atoms with Gasteiger partial charge in [0.05, 0.1) is 5.52 Å². The first-order valence-corrected chi connectivity index (χ1v) is 10.0. The topological polar surface area (TPSA) is 49.8 Å². The summed E-state index contributed by atoms with van der Waals surface area (Å²) in [6, 6.07) is 20.3. The maximum Gasteiger partial charge on any atom is 0.229 e. The molecule has 6 heteroatoms. The number of halogens is 1. The Bertz CT molecular complexity index is 1000. The van der Waals surface area contributed by atoms with Crippen LogP contribution in [0.3, 0.4) is 0 Å². The van der Waals surface area contributed by atoms with Crippen molar-refractivity contribution in [1.29, 1.82) is 0 Å². The molecule has 0 radical (unpaired) electrons. The van der Waals surface area contributed by atoms with E-state index in [4.69, 9.17) is 4.98 Å². The Morgan fingerprint density at radius 3 is 2.58 bits per heavy atom. The number of rotatable bonds is 6. The monoisotopic (exact) mass is 424 g/mol. The summed E-state index contributed by atoms with van der Waals surface area (Å²) in [6.07, 6.45) is 0.978. The second kappa shape index (κ2) is 7.85. The van der Waals surface area contributed by atoms with Crippen molar-refractivity contribution in [2.45, 2.75) is 6.42 Å². The average Bonchev–Trinajstić information content (AvgIpc) is 3.17. The van der Waals surface area contributed by atoms with E-state index < -0.39 is 0 Å². The summed E-state index contributed by atoms with van der Waals surface area (Å²) in [5.74, 6) is 1.44. The molecule has 0 atom stereocenters. The highest BCUT2D eigenvalue weighted by Gasteiger charge is 2.08. The maximum atomic E-state index is 4.70. The number of hydrogen-bond acceptors (Lipinski definition) is 5. The molecular formula is C20H17BrN4S. The number of para-hydroxylation sites is 1. The number of nitrogens with zero attached hydrogens (tertiary/aromatic N) is 2. The first-order valence-electron chi connectivity index (χ1n) is 8.33. The number of anilines is 3. The van der Waals surface area contributed by atoms with Crippen molar-refractivity contribution in [3.05, 3.63) is 75.4 Å². The summed E-state index contributed by atoms with van der Waals surface area (Å²) in [5, 5.41) is 9.89. The summed E-state index contributed by atoms with van der Waals surface area (Å²) in [6.45, 7) is 0.833. The van der Waals surface area contributed by atoms with Gasteiger partial charge in [0, 0.05) is 27.0 Å². The van der Waals surface area contributed by atoms with Gasteiger partial charge in [0.1, 0.15) is 5.82 Å². The van der Waals surface area contributed by atoms with Crippen LogP contribution in [-0.2, 0) is 6.42 Å². The Morgan fingerprint density at radius 1 is 0.923 bits per heavy atom. The molecule has 0 saturated carbocycles. The van der Waals surface area contributed by atoms with Crippen LogP contribution in [0.5, 0.6) is 0 Å². The lowest BCUT2D eigenvalue weighted by Crippen LogP contribution is -2.08. The minimum Gasteiger partial charge on any atom is -0.369 e. The normalized spacial score (nSPS) is 10.8. The van der Waals surface area contributed by atoms with Crippen LogP contribution < -0.4 is 10.6 Å². The summed E-state index contributed by atoms with van der Waals surface area (Å²) in [4.78, 5) is 10.7. The van der Waals surface area contributed by atoms with Gasteiger partial charge in [-0.25, -0.2) is 4.98 Å². The van der Waals surface area contributed by atoms with Crippen LogP contribution in [-0.4, -0.2) is 16.5 Å². The van der Waals surface area contributed by atoms with Crippen molar-refractivity contribution >= 4 is 55.6 Å². The van der Waals surface area contributed by atoms with E-state index >= 15 is 0 Å². The van der Waals surface area contributed by atoms with E-state index in [2.05, 4.69) is 49.1 Å². The lowest BCUT2D eigenvalue weighted by Gasteiger charge is -2.12.